The Labute approximate surface area is 150 Å². The number of rotatable bonds is 3. The van der Waals surface area contributed by atoms with Crippen LogP contribution in [0.3, 0.4) is 0 Å². The smallest absolute Gasteiger partial charge is 0.311 e. The van der Waals surface area contributed by atoms with E-state index in [-0.39, 0.29) is 18.3 Å². The second-order valence-electron chi connectivity index (χ2n) is 6.47. The van der Waals surface area contributed by atoms with Crippen LogP contribution in [0, 0.1) is 12.8 Å². The molecule has 2 heterocycles. The van der Waals surface area contributed by atoms with Gasteiger partial charge in [0.1, 0.15) is 5.52 Å². The minimum Gasteiger partial charge on any atom is -0.469 e. The number of fused-ring (bicyclic) bond motifs is 1. The van der Waals surface area contributed by atoms with Gasteiger partial charge in [0, 0.05) is 24.2 Å². The third-order valence-electron chi connectivity index (χ3n) is 4.61. The van der Waals surface area contributed by atoms with Crippen LogP contribution in [0.2, 0.25) is 0 Å². The molecule has 26 heavy (non-hydrogen) atoms. The molecule has 0 N–H and O–H groups in total. The highest BCUT2D eigenvalue weighted by Crippen LogP contribution is 2.31. The number of amides is 1. The third-order valence-corrected chi connectivity index (χ3v) is 4.61. The Morgan fingerprint density at radius 2 is 2.12 bits per heavy atom. The minimum atomic E-state index is -0.427. The summed E-state index contributed by atoms with van der Waals surface area (Å²) in [6.45, 7) is 2.33. The van der Waals surface area contributed by atoms with Crippen LogP contribution in [0.1, 0.15) is 12.0 Å². The lowest BCUT2D eigenvalue weighted by molar-refractivity contribution is -0.145. The van der Waals surface area contributed by atoms with Crippen molar-refractivity contribution in [1.82, 2.24) is 4.98 Å². The molecular formula is C20H18N2O4. The molecule has 0 radical (unpaired) electrons. The minimum absolute atomic E-state index is 0.0952. The number of ether oxygens (including phenoxy) is 1. The molecule has 6 nitrogen and oxygen atoms in total. The van der Waals surface area contributed by atoms with Crippen molar-refractivity contribution in [2.45, 2.75) is 13.3 Å². The summed E-state index contributed by atoms with van der Waals surface area (Å²) in [7, 11) is 1.34. The van der Waals surface area contributed by atoms with E-state index < -0.39 is 5.92 Å². The van der Waals surface area contributed by atoms with Gasteiger partial charge in [-0.1, -0.05) is 17.7 Å². The Bertz CT molecular complexity index is 1010. The molecule has 1 aliphatic rings. The molecule has 1 fully saturated rings. The quantitative estimate of drug-likeness (QED) is 0.678. The average molecular weight is 350 g/mol. The molecule has 132 valence electrons. The normalized spacial score (nSPS) is 17.1. The summed E-state index contributed by atoms with van der Waals surface area (Å²) in [6.07, 6.45) is 0.165. The number of anilines is 1. The van der Waals surface area contributed by atoms with E-state index >= 15 is 0 Å². The van der Waals surface area contributed by atoms with Gasteiger partial charge in [-0.05, 0) is 37.3 Å². The fourth-order valence-electron chi connectivity index (χ4n) is 3.27. The molecule has 0 aliphatic carbocycles. The van der Waals surface area contributed by atoms with Crippen molar-refractivity contribution in [2.24, 2.45) is 5.92 Å². The van der Waals surface area contributed by atoms with Crippen LogP contribution in [0.25, 0.3) is 22.6 Å². The van der Waals surface area contributed by atoms with E-state index in [0.717, 1.165) is 11.1 Å². The van der Waals surface area contributed by atoms with Gasteiger partial charge in [-0.3, -0.25) is 9.59 Å². The van der Waals surface area contributed by atoms with E-state index in [0.29, 0.717) is 29.2 Å². The average Bonchev–Trinajstić information content (AvgIpc) is 3.24. The number of benzene rings is 2. The van der Waals surface area contributed by atoms with Crippen LogP contribution in [-0.4, -0.2) is 30.5 Å². The number of aromatic nitrogens is 1. The van der Waals surface area contributed by atoms with Gasteiger partial charge >= 0.3 is 5.97 Å². The first-order valence-electron chi connectivity index (χ1n) is 8.41. The first-order valence-corrected chi connectivity index (χ1v) is 8.41. The van der Waals surface area contributed by atoms with Crippen molar-refractivity contribution in [3.63, 3.8) is 0 Å². The van der Waals surface area contributed by atoms with E-state index in [2.05, 4.69) is 4.98 Å². The molecule has 1 saturated heterocycles. The SMILES string of the molecule is COC(=O)[C@@H]1CC(=O)N(c2ccc3oc(-c4cccc(C)c4)nc3c2)C1. The van der Waals surface area contributed by atoms with Gasteiger partial charge in [0.25, 0.3) is 0 Å². The van der Waals surface area contributed by atoms with Crippen molar-refractivity contribution in [3.05, 3.63) is 48.0 Å². The van der Waals surface area contributed by atoms with Gasteiger partial charge in [0.15, 0.2) is 5.58 Å². The number of hydrogen-bond acceptors (Lipinski definition) is 5. The fraction of sp³-hybridized carbons (Fsp3) is 0.250. The zero-order valence-electron chi connectivity index (χ0n) is 14.6. The molecule has 3 aromatic rings. The molecule has 1 amide bonds. The Kier molecular flexibility index (Phi) is 3.95. The van der Waals surface area contributed by atoms with E-state index in [9.17, 15) is 9.59 Å². The van der Waals surface area contributed by atoms with Crippen LogP contribution in [0.5, 0.6) is 0 Å². The lowest BCUT2D eigenvalue weighted by Crippen LogP contribution is -2.26. The van der Waals surface area contributed by atoms with Crippen molar-refractivity contribution in [1.29, 1.82) is 0 Å². The molecule has 0 unspecified atom stereocenters. The summed E-state index contributed by atoms with van der Waals surface area (Å²) >= 11 is 0. The second kappa shape index (κ2) is 6.29. The van der Waals surface area contributed by atoms with E-state index in [1.54, 1.807) is 11.0 Å². The van der Waals surface area contributed by atoms with Crippen molar-refractivity contribution >= 4 is 28.7 Å². The van der Waals surface area contributed by atoms with Crippen LogP contribution in [0.15, 0.2) is 46.9 Å². The number of hydrogen-bond donors (Lipinski definition) is 0. The lowest BCUT2D eigenvalue weighted by atomic mass is 10.1. The van der Waals surface area contributed by atoms with Crippen LogP contribution >= 0.6 is 0 Å². The Balaban J connectivity index is 1.66. The molecule has 6 heteroatoms. The number of carbonyl (C=O) groups excluding carboxylic acids is 2. The fourth-order valence-corrected chi connectivity index (χ4v) is 3.27. The maximum Gasteiger partial charge on any atom is 0.311 e. The van der Waals surface area contributed by atoms with Gasteiger partial charge in [-0.25, -0.2) is 4.98 Å². The summed E-state index contributed by atoms with van der Waals surface area (Å²) in [4.78, 5) is 30.1. The van der Waals surface area contributed by atoms with Gasteiger partial charge in [-0.15, -0.1) is 0 Å². The number of nitrogens with zero attached hydrogens (tertiary/aromatic N) is 2. The van der Waals surface area contributed by atoms with Crippen LogP contribution < -0.4 is 4.90 Å². The molecule has 2 aromatic carbocycles. The standard InChI is InChI=1S/C20H18N2O4/c1-12-4-3-5-13(8-12)19-21-16-10-15(6-7-17(16)26-19)22-11-14(9-18(22)23)20(24)25-2/h3-8,10,14H,9,11H2,1-2H3/t14-/m1/s1. The summed E-state index contributed by atoms with van der Waals surface area (Å²) in [6, 6.07) is 13.4. The molecule has 4 rings (SSSR count). The van der Waals surface area contributed by atoms with Crippen LogP contribution in [-0.2, 0) is 14.3 Å². The van der Waals surface area contributed by atoms with Gasteiger partial charge < -0.3 is 14.1 Å². The van der Waals surface area contributed by atoms with Crippen molar-refractivity contribution in [2.75, 3.05) is 18.6 Å². The van der Waals surface area contributed by atoms with Gasteiger partial charge in [0.05, 0.1) is 13.0 Å². The maximum atomic E-state index is 12.3. The number of esters is 1. The monoisotopic (exact) mass is 350 g/mol. The largest absolute Gasteiger partial charge is 0.469 e. The molecule has 1 aliphatic heterocycles. The Morgan fingerprint density at radius 1 is 1.27 bits per heavy atom. The number of methoxy groups -OCH3 is 1. The number of oxazole rings is 1. The topological polar surface area (TPSA) is 72.6 Å². The summed E-state index contributed by atoms with van der Waals surface area (Å²) in [5, 5.41) is 0. The third kappa shape index (κ3) is 2.83. The van der Waals surface area contributed by atoms with Gasteiger partial charge in [0.2, 0.25) is 11.8 Å². The zero-order chi connectivity index (χ0) is 18.3. The molecule has 1 aromatic heterocycles. The Hall–Kier alpha value is -3.15. The molecule has 0 bridgehead atoms. The molecule has 0 spiro atoms. The zero-order valence-corrected chi connectivity index (χ0v) is 14.6. The number of carbonyl (C=O) groups is 2. The maximum absolute atomic E-state index is 12.3. The van der Waals surface area contributed by atoms with E-state index in [1.165, 1.54) is 7.11 Å². The highest BCUT2D eigenvalue weighted by Gasteiger charge is 2.36. The molecule has 0 saturated carbocycles. The lowest BCUT2D eigenvalue weighted by Gasteiger charge is -2.16. The Morgan fingerprint density at radius 3 is 2.88 bits per heavy atom. The first kappa shape index (κ1) is 16.3. The van der Waals surface area contributed by atoms with E-state index in [4.69, 9.17) is 9.15 Å². The number of aryl methyl sites for hydroxylation is 1. The second-order valence-corrected chi connectivity index (χ2v) is 6.47. The summed E-state index contributed by atoms with van der Waals surface area (Å²) < 4.78 is 10.6. The highest BCUT2D eigenvalue weighted by atomic mass is 16.5. The predicted octanol–water partition coefficient (Wildman–Crippen LogP) is 3.33. The van der Waals surface area contributed by atoms with Gasteiger partial charge in [-0.2, -0.15) is 0 Å². The van der Waals surface area contributed by atoms with E-state index in [1.807, 2.05) is 43.3 Å². The molecule has 1 atom stereocenters. The highest BCUT2D eigenvalue weighted by molar-refractivity contribution is 6.00. The summed E-state index contributed by atoms with van der Waals surface area (Å²) in [5.41, 5.74) is 4.07. The van der Waals surface area contributed by atoms with Crippen molar-refractivity contribution in [3.8, 4) is 11.5 Å². The first-order chi connectivity index (χ1) is 12.5. The van der Waals surface area contributed by atoms with Crippen molar-refractivity contribution < 1.29 is 18.7 Å². The predicted molar refractivity (Wildman–Crippen MR) is 96.7 cm³/mol. The summed E-state index contributed by atoms with van der Waals surface area (Å²) in [5.74, 6) is -0.336. The van der Waals surface area contributed by atoms with Crippen LogP contribution in [0.4, 0.5) is 5.69 Å². The molecular weight excluding hydrogens is 332 g/mol.